The van der Waals surface area contributed by atoms with Crippen molar-refractivity contribution in [3.63, 3.8) is 0 Å². The van der Waals surface area contributed by atoms with Crippen LogP contribution in [0.25, 0.3) is 0 Å². The zero-order chi connectivity index (χ0) is 17.2. The number of non-ortho nitro benzene ring substituents is 1. The lowest BCUT2D eigenvalue weighted by atomic mass is 10.2. The highest BCUT2D eigenvalue weighted by Crippen LogP contribution is 2.24. The summed E-state index contributed by atoms with van der Waals surface area (Å²) in [7, 11) is -3.92. The highest BCUT2D eigenvalue weighted by molar-refractivity contribution is 7.92. The number of sulfonamides is 1. The van der Waals surface area contributed by atoms with Gasteiger partial charge in [0.25, 0.3) is 15.7 Å². The molecule has 2 aromatic rings. The number of nitrogens with one attached hydrogen (secondary N) is 1. The topological polar surface area (TPSA) is 107 Å². The summed E-state index contributed by atoms with van der Waals surface area (Å²) in [6.45, 7) is 5.77. The second kappa shape index (κ2) is 6.37. The summed E-state index contributed by atoms with van der Waals surface area (Å²) in [6.07, 6.45) is 2.30. The zero-order valence-electron chi connectivity index (χ0n) is 13.1. The summed E-state index contributed by atoms with van der Waals surface area (Å²) in [6, 6.07) is 5.06. The molecule has 0 radical (unpaired) electrons. The van der Waals surface area contributed by atoms with Gasteiger partial charge >= 0.3 is 0 Å². The summed E-state index contributed by atoms with van der Waals surface area (Å²) in [4.78, 5) is 9.98. The van der Waals surface area contributed by atoms with Crippen molar-refractivity contribution in [3.8, 4) is 0 Å². The molecule has 1 N–H and O–H groups in total. The predicted octanol–water partition coefficient (Wildman–Crippen LogP) is 2.87. The van der Waals surface area contributed by atoms with Crippen molar-refractivity contribution >= 4 is 21.4 Å². The smallest absolute Gasteiger partial charge is 0.270 e. The van der Waals surface area contributed by atoms with Crippen molar-refractivity contribution in [2.24, 2.45) is 0 Å². The number of benzene rings is 1. The molecule has 0 amide bonds. The Morgan fingerprint density at radius 2 is 2.13 bits per heavy atom. The van der Waals surface area contributed by atoms with Crippen LogP contribution in [0, 0.1) is 17.0 Å². The predicted molar refractivity (Wildman–Crippen MR) is 85.9 cm³/mol. The summed E-state index contributed by atoms with van der Waals surface area (Å²) >= 11 is 0. The summed E-state index contributed by atoms with van der Waals surface area (Å²) in [5.74, 6) is 0. The van der Waals surface area contributed by atoms with Crippen molar-refractivity contribution in [1.29, 1.82) is 0 Å². The lowest BCUT2D eigenvalue weighted by Crippen LogP contribution is -2.14. The van der Waals surface area contributed by atoms with Crippen LogP contribution in [0.15, 0.2) is 35.4 Å². The van der Waals surface area contributed by atoms with Crippen LogP contribution in [0.1, 0.15) is 32.0 Å². The van der Waals surface area contributed by atoms with Gasteiger partial charge in [0, 0.05) is 18.2 Å². The maximum atomic E-state index is 12.4. The Hall–Kier alpha value is -2.42. The molecule has 0 aliphatic rings. The molecule has 9 heteroatoms. The third-order valence-corrected chi connectivity index (χ3v) is 5.00. The van der Waals surface area contributed by atoms with Crippen LogP contribution >= 0.6 is 0 Å². The third-order valence-electron chi connectivity index (χ3n) is 3.64. The van der Waals surface area contributed by atoms with Gasteiger partial charge in [0.15, 0.2) is 0 Å². The molecule has 1 aromatic carbocycles. The Kier molecular flexibility index (Phi) is 4.69. The zero-order valence-corrected chi connectivity index (χ0v) is 13.9. The quantitative estimate of drug-likeness (QED) is 0.643. The first kappa shape index (κ1) is 16.9. The van der Waals surface area contributed by atoms with E-state index in [1.165, 1.54) is 24.4 Å². The van der Waals surface area contributed by atoms with Crippen LogP contribution in [0.5, 0.6) is 0 Å². The number of nitro groups is 1. The number of hydrogen-bond acceptors (Lipinski definition) is 5. The molecule has 0 aliphatic carbocycles. The van der Waals surface area contributed by atoms with Crippen LogP contribution in [0.4, 0.5) is 11.4 Å². The third kappa shape index (κ3) is 3.50. The van der Waals surface area contributed by atoms with Crippen molar-refractivity contribution in [2.75, 3.05) is 4.72 Å². The molecular weight excluding hydrogens is 320 g/mol. The molecule has 0 aliphatic heterocycles. The van der Waals surface area contributed by atoms with Crippen LogP contribution < -0.4 is 4.72 Å². The van der Waals surface area contributed by atoms with E-state index in [4.69, 9.17) is 0 Å². The molecule has 2 rings (SSSR count). The number of rotatable bonds is 6. The molecule has 8 nitrogen and oxygen atoms in total. The first-order chi connectivity index (χ1) is 10.8. The normalized spacial score (nSPS) is 12.8. The molecule has 23 heavy (non-hydrogen) atoms. The van der Waals surface area contributed by atoms with Gasteiger partial charge in [0.2, 0.25) is 0 Å². The second-order valence-electron chi connectivity index (χ2n) is 5.21. The molecule has 0 saturated heterocycles. The highest BCUT2D eigenvalue weighted by Gasteiger charge is 2.20. The van der Waals surface area contributed by atoms with Gasteiger partial charge in [-0.2, -0.15) is 5.10 Å². The molecule has 0 fully saturated rings. The number of nitrogens with zero attached hydrogens (tertiary/aromatic N) is 3. The average molecular weight is 338 g/mol. The van der Waals surface area contributed by atoms with E-state index < -0.39 is 14.9 Å². The summed E-state index contributed by atoms with van der Waals surface area (Å²) in [5.41, 5.74) is 0.769. The summed E-state index contributed by atoms with van der Waals surface area (Å²) < 4.78 is 29.0. The van der Waals surface area contributed by atoms with Gasteiger partial charge in [-0.1, -0.05) is 13.0 Å². The van der Waals surface area contributed by atoms with Gasteiger partial charge in [-0.05, 0) is 26.3 Å². The van der Waals surface area contributed by atoms with E-state index in [0.29, 0.717) is 11.4 Å². The highest BCUT2D eigenvalue weighted by atomic mass is 32.2. The molecule has 1 aromatic heterocycles. The van der Waals surface area contributed by atoms with Gasteiger partial charge in [-0.3, -0.25) is 19.5 Å². The van der Waals surface area contributed by atoms with E-state index in [1.54, 1.807) is 11.6 Å². The van der Waals surface area contributed by atoms with Crippen LogP contribution in [-0.2, 0) is 10.0 Å². The van der Waals surface area contributed by atoms with E-state index in [9.17, 15) is 18.5 Å². The Morgan fingerprint density at radius 3 is 2.74 bits per heavy atom. The van der Waals surface area contributed by atoms with Crippen molar-refractivity contribution in [3.05, 3.63) is 46.3 Å². The molecule has 124 valence electrons. The fourth-order valence-corrected chi connectivity index (χ4v) is 3.25. The van der Waals surface area contributed by atoms with Crippen molar-refractivity contribution < 1.29 is 13.3 Å². The lowest BCUT2D eigenvalue weighted by molar-refractivity contribution is -0.385. The Morgan fingerprint density at radius 1 is 1.43 bits per heavy atom. The SMILES string of the molecule is CC[C@@H](C)n1ncc(NS(=O)(=O)c2cccc([N+](=O)[O-])c2)c1C. The lowest BCUT2D eigenvalue weighted by Gasteiger charge is -2.12. The minimum absolute atomic E-state index is 0.145. The molecule has 0 saturated carbocycles. The van der Waals surface area contributed by atoms with Gasteiger partial charge in [0.05, 0.1) is 27.4 Å². The maximum absolute atomic E-state index is 12.4. The Balaban J connectivity index is 2.34. The molecule has 0 unspecified atom stereocenters. The average Bonchev–Trinajstić information content (AvgIpc) is 2.87. The van der Waals surface area contributed by atoms with Crippen molar-refractivity contribution in [2.45, 2.75) is 38.1 Å². The Bertz CT molecular complexity index is 829. The van der Waals surface area contributed by atoms with Crippen LogP contribution in [0.3, 0.4) is 0 Å². The summed E-state index contributed by atoms with van der Waals surface area (Å²) in [5, 5.41) is 15.0. The first-order valence-electron chi connectivity index (χ1n) is 7.07. The number of aromatic nitrogens is 2. The van der Waals surface area contributed by atoms with Crippen LogP contribution in [-0.4, -0.2) is 23.1 Å². The van der Waals surface area contributed by atoms with Crippen LogP contribution in [0.2, 0.25) is 0 Å². The minimum Gasteiger partial charge on any atom is -0.276 e. The van der Waals surface area contributed by atoms with Gasteiger partial charge in [0.1, 0.15) is 0 Å². The molecule has 1 atom stereocenters. The number of anilines is 1. The Labute approximate surface area is 134 Å². The molecule has 1 heterocycles. The fourth-order valence-electron chi connectivity index (χ4n) is 2.11. The van der Waals surface area contributed by atoms with Gasteiger partial charge in [-0.25, -0.2) is 8.42 Å². The van der Waals surface area contributed by atoms with E-state index in [-0.39, 0.29) is 16.6 Å². The largest absolute Gasteiger partial charge is 0.276 e. The fraction of sp³-hybridized carbons (Fsp3) is 0.357. The maximum Gasteiger partial charge on any atom is 0.270 e. The monoisotopic (exact) mass is 338 g/mol. The van der Waals surface area contributed by atoms with E-state index in [0.717, 1.165) is 12.5 Å². The second-order valence-corrected chi connectivity index (χ2v) is 6.89. The van der Waals surface area contributed by atoms with E-state index >= 15 is 0 Å². The standard InChI is InChI=1S/C14H18N4O4S/c1-4-10(2)17-11(3)14(9-15-17)16-23(21,22)13-7-5-6-12(8-13)18(19)20/h5-10,16H,4H2,1-3H3/t10-/m1/s1. The number of nitro benzene ring substituents is 1. The van der Waals surface area contributed by atoms with E-state index in [2.05, 4.69) is 9.82 Å². The van der Waals surface area contributed by atoms with E-state index in [1.807, 2.05) is 13.8 Å². The number of hydrogen-bond donors (Lipinski definition) is 1. The molecule has 0 bridgehead atoms. The van der Waals surface area contributed by atoms with Gasteiger partial charge in [-0.15, -0.1) is 0 Å². The first-order valence-corrected chi connectivity index (χ1v) is 8.56. The molecule has 0 spiro atoms. The minimum atomic E-state index is -3.92. The molecular formula is C14H18N4O4S. The van der Waals surface area contributed by atoms with Gasteiger partial charge < -0.3 is 0 Å². The van der Waals surface area contributed by atoms with Crippen molar-refractivity contribution in [1.82, 2.24) is 9.78 Å².